The zero-order valence-corrected chi connectivity index (χ0v) is 8.40. The highest BCUT2D eigenvalue weighted by molar-refractivity contribution is 5.50. The third kappa shape index (κ3) is 1.21. The quantitative estimate of drug-likeness (QED) is 0.715. The van der Waals surface area contributed by atoms with E-state index in [-0.39, 0.29) is 11.3 Å². The van der Waals surface area contributed by atoms with Gasteiger partial charge in [0.25, 0.3) is 5.56 Å². The van der Waals surface area contributed by atoms with Crippen molar-refractivity contribution in [2.45, 2.75) is 20.3 Å². The van der Waals surface area contributed by atoms with E-state index in [4.69, 9.17) is 5.26 Å². The molecular formula is C9H9N5O. The topological polar surface area (TPSA) is 86.8 Å². The fourth-order valence-corrected chi connectivity index (χ4v) is 1.57. The van der Waals surface area contributed by atoms with Crippen molar-refractivity contribution in [3.63, 3.8) is 0 Å². The van der Waals surface area contributed by atoms with Crippen LogP contribution in [-0.2, 0) is 6.42 Å². The number of nitrogens with zero attached hydrogens (tertiary/aromatic N) is 4. The van der Waals surface area contributed by atoms with E-state index in [1.807, 2.05) is 13.0 Å². The Morgan fingerprint density at radius 2 is 2.33 bits per heavy atom. The Balaban J connectivity index is 2.95. The monoisotopic (exact) mass is 203 g/mol. The van der Waals surface area contributed by atoms with E-state index in [1.165, 1.54) is 0 Å². The van der Waals surface area contributed by atoms with Crippen LogP contribution in [0.25, 0.3) is 5.65 Å². The molecule has 0 unspecified atom stereocenters. The molecule has 0 bridgehead atoms. The van der Waals surface area contributed by atoms with Crippen LogP contribution in [-0.4, -0.2) is 19.8 Å². The van der Waals surface area contributed by atoms with E-state index >= 15 is 0 Å². The van der Waals surface area contributed by atoms with E-state index in [2.05, 4.69) is 15.3 Å². The van der Waals surface area contributed by atoms with Gasteiger partial charge in [0.1, 0.15) is 6.07 Å². The molecule has 2 aromatic heterocycles. The number of nitriles is 1. The Hall–Kier alpha value is -2.16. The summed E-state index contributed by atoms with van der Waals surface area (Å²) in [5, 5.41) is 16.0. The van der Waals surface area contributed by atoms with E-state index in [0.717, 1.165) is 10.2 Å². The molecular weight excluding hydrogens is 194 g/mol. The van der Waals surface area contributed by atoms with Crippen LogP contribution in [0.3, 0.4) is 0 Å². The van der Waals surface area contributed by atoms with Crippen molar-refractivity contribution in [3.05, 3.63) is 27.3 Å². The molecule has 1 N–H and O–H groups in total. The molecule has 0 atom stereocenters. The van der Waals surface area contributed by atoms with E-state index in [1.54, 1.807) is 6.92 Å². The zero-order valence-electron chi connectivity index (χ0n) is 8.40. The molecule has 2 heterocycles. The van der Waals surface area contributed by atoms with Crippen molar-refractivity contribution in [1.29, 1.82) is 5.26 Å². The van der Waals surface area contributed by atoms with Crippen LogP contribution in [0.4, 0.5) is 0 Å². The van der Waals surface area contributed by atoms with Crippen LogP contribution in [0, 0.1) is 18.3 Å². The van der Waals surface area contributed by atoms with Crippen LogP contribution < -0.4 is 5.56 Å². The standard InChI is InChI=1S/C9H9N5O/c1-3-6-5(2)11-8-7(4-10)12-13-14(8)9(6)15/h11H,3H2,1-2H3. The predicted octanol–water partition coefficient (Wildman–Crippen LogP) is 0.160. The average molecular weight is 203 g/mol. The Morgan fingerprint density at radius 1 is 1.60 bits per heavy atom. The van der Waals surface area contributed by atoms with Gasteiger partial charge in [0.05, 0.1) is 0 Å². The van der Waals surface area contributed by atoms with Crippen molar-refractivity contribution in [2.75, 3.05) is 0 Å². The molecule has 2 rings (SSSR count). The smallest absolute Gasteiger partial charge is 0.279 e. The van der Waals surface area contributed by atoms with E-state index in [0.29, 0.717) is 17.6 Å². The summed E-state index contributed by atoms with van der Waals surface area (Å²) in [5.41, 5.74) is 1.71. The lowest BCUT2D eigenvalue weighted by atomic mass is 10.2. The molecule has 0 aliphatic heterocycles. The Morgan fingerprint density at radius 3 is 2.93 bits per heavy atom. The van der Waals surface area contributed by atoms with Crippen LogP contribution in [0.2, 0.25) is 0 Å². The summed E-state index contributed by atoms with van der Waals surface area (Å²) in [6, 6.07) is 1.88. The molecule has 0 aliphatic carbocycles. The van der Waals surface area contributed by atoms with Gasteiger partial charge in [-0.05, 0) is 13.3 Å². The first-order valence-corrected chi connectivity index (χ1v) is 4.56. The van der Waals surface area contributed by atoms with Crippen molar-refractivity contribution in [3.8, 4) is 6.07 Å². The summed E-state index contributed by atoms with van der Waals surface area (Å²) in [6.07, 6.45) is 0.624. The molecule has 0 radical (unpaired) electrons. The number of rotatable bonds is 1. The summed E-state index contributed by atoms with van der Waals surface area (Å²) in [7, 11) is 0. The van der Waals surface area contributed by atoms with Gasteiger partial charge in [0.15, 0.2) is 5.65 Å². The molecule has 6 nitrogen and oxygen atoms in total. The molecule has 0 saturated heterocycles. The highest BCUT2D eigenvalue weighted by Crippen LogP contribution is 2.05. The largest absolute Gasteiger partial charge is 0.341 e. The summed E-state index contributed by atoms with van der Waals surface area (Å²) in [5.74, 6) is 0. The number of hydrogen-bond acceptors (Lipinski definition) is 4. The lowest BCUT2D eigenvalue weighted by Crippen LogP contribution is -2.21. The second-order valence-corrected chi connectivity index (χ2v) is 3.20. The number of H-pyrrole nitrogens is 1. The fourth-order valence-electron chi connectivity index (χ4n) is 1.57. The highest BCUT2D eigenvalue weighted by Gasteiger charge is 2.12. The first-order chi connectivity index (χ1) is 7.19. The van der Waals surface area contributed by atoms with Gasteiger partial charge in [-0.15, -0.1) is 5.10 Å². The van der Waals surface area contributed by atoms with Gasteiger partial charge in [0, 0.05) is 11.3 Å². The Bertz CT molecular complexity index is 616. The van der Waals surface area contributed by atoms with Crippen LogP contribution in [0.15, 0.2) is 4.79 Å². The number of aromatic amines is 1. The number of aromatic nitrogens is 4. The van der Waals surface area contributed by atoms with Gasteiger partial charge >= 0.3 is 0 Å². The molecule has 0 saturated carbocycles. The number of hydrogen-bond donors (Lipinski definition) is 1. The SMILES string of the molecule is CCc1c(C)[nH]c2c(C#N)nnn2c1=O. The van der Waals surface area contributed by atoms with E-state index < -0.39 is 0 Å². The second-order valence-electron chi connectivity index (χ2n) is 3.20. The maximum Gasteiger partial charge on any atom is 0.279 e. The van der Waals surface area contributed by atoms with Gasteiger partial charge in [-0.25, -0.2) is 0 Å². The summed E-state index contributed by atoms with van der Waals surface area (Å²) in [4.78, 5) is 14.8. The average Bonchev–Trinajstić information content (AvgIpc) is 2.61. The summed E-state index contributed by atoms with van der Waals surface area (Å²) >= 11 is 0. The minimum Gasteiger partial charge on any atom is -0.341 e. The summed E-state index contributed by atoms with van der Waals surface area (Å²) in [6.45, 7) is 3.69. The molecule has 15 heavy (non-hydrogen) atoms. The van der Waals surface area contributed by atoms with Crippen LogP contribution in [0.5, 0.6) is 0 Å². The maximum absolute atomic E-state index is 11.8. The number of fused-ring (bicyclic) bond motifs is 1. The van der Waals surface area contributed by atoms with Crippen molar-refractivity contribution in [1.82, 2.24) is 19.8 Å². The van der Waals surface area contributed by atoms with Gasteiger partial charge in [0.2, 0.25) is 5.69 Å². The lowest BCUT2D eigenvalue weighted by molar-refractivity contribution is 0.796. The predicted molar refractivity (Wildman–Crippen MR) is 52.4 cm³/mol. The van der Waals surface area contributed by atoms with Crippen LogP contribution >= 0.6 is 0 Å². The lowest BCUT2D eigenvalue weighted by Gasteiger charge is -2.02. The van der Waals surface area contributed by atoms with Crippen molar-refractivity contribution in [2.24, 2.45) is 0 Å². The minimum atomic E-state index is -0.210. The highest BCUT2D eigenvalue weighted by atomic mass is 16.1. The van der Waals surface area contributed by atoms with Gasteiger partial charge in [-0.3, -0.25) is 4.79 Å². The molecule has 0 aromatic carbocycles. The maximum atomic E-state index is 11.8. The molecule has 0 aliphatic rings. The molecule has 76 valence electrons. The fraction of sp³-hybridized carbons (Fsp3) is 0.333. The Labute approximate surface area is 85.2 Å². The molecule has 6 heteroatoms. The third-order valence-corrected chi connectivity index (χ3v) is 2.34. The van der Waals surface area contributed by atoms with Crippen LogP contribution in [0.1, 0.15) is 23.9 Å². The minimum absolute atomic E-state index is 0.137. The summed E-state index contributed by atoms with van der Waals surface area (Å²) < 4.78 is 1.13. The first kappa shape index (κ1) is 9.40. The van der Waals surface area contributed by atoms with Crippen molar-refractivity contribution >= 4 is 5.65 Å². The van der Waals surface area contributed by atoms with Gasteiger partial charge in [-0.2, -0.15) is 9.78 Å². The molecule has 0 spiro atoms. The third-order valence-electron chi connectivity index (χ3n) is 2.34. The molecule has 2 aromatic rings. The van der Waals surface area contributed by atoms with Crippen molar-refractivity contribution < 1.29 is 0 Å². The number of aryl methyl sites for hydroxylation is 1. The molecule has 0 fully saturated rings. The number of nitrogens with one attached hydrogen (secondary N) is 1. The Kier molecular flexibility index (Phi) is 2.01. The molecule has 0 amide bonds. The first-order valence-electron chi connectivity index (χ1n) is 4.56. The van der Waals surface area contributed by atoms with Gasteiger partial charge < -0.3 is 4.98 Å². The van der Waals surface area contributed by atoms with Gasteiger partial charge in [-0.1, -0.05) is 12.1 Å². The second kappa shape index (κ2) is 3.20. The zero-order chi connectivity index (χ0) is 11.0. The normalized spacial score (nSPS) is 10.5. The van der Waals surface area contributed by atoms with E-state index in [9.17, 15) is 4.79 Å².